The third-order valence-electron chi connectivity index (χ3n) is 13.3. The number of imide groups is 1. The average Bonchev–Trinajstić information content (AvgIpc) is 4.16. The number of nitrogens with two attached hydrogens (primary N) is 2. The molecule has 24 heteroatoms. The summed E-state index contributed by atoms with van der Waals surface area (Å²) >= 11 is 0. The minimum Gasteiger partial charge on any atom is -0.430 e. The molecule has 23 nitrogen and oxygen atoms in total. The number of aromatic nitrogens is 3. The molecule has 1 saturated carbocycles. The number of ether oxygens (including phenoxy) is 2. The molecule has 2 aromatic carbocycles. The van der Waals surface area contributed by atoms with E-state index in [-0.39, 0.29) is 74.9 Å². The van der Waals surface area contributed by atoms with E-state index in [2.05, 4.69) is 48.7 Å². The first-order valence-electron chi connectivity index (χ1n) is 24.8. The maximum Gasteiger partial charge on any atom is 0.508 e. The van der Waals surface area contributed by atoms with Crippen molar-refractivity contribution in [1.29, 1.82) is 0 Å². The zero-order valence-corrected chi connectivity index (χ0v) is 42.1. The number of benzene rings is 2. The van der Waals surface area contributed by atoms with Gasteiger partial charge in [0, 0.05) is 55.4 Å². The Kier molecular flexibility index (Phi) is 18.9. The molecule has 10 N–H and O–H groups in total. The molecule has 2 aliphatic carbocycles. The molecule has 3 aliphatic rings. The van der Waals surface area contributed by atoms with Crippen LogP contribution in [0.1, 0.15) is 100 Å². The zero-order valence-electron chi connectivity index (χ0n) is 41.3. The van der Waals surface area contributed by atoms with Crippen molar-refractivity contribution < 1.29 is 55.9 Å². The highest BCUT2D eigenvalue weighted by atomic mass is 32.2. The van der Waals surface area contributed by atoms with Crippen molar-refractivity contribution in [3.63, 3.8) is 0 Å². The molecular formula is C50H65N11O12S. The molecule has 0 bridgehead atoms. The third kappa shape index (κ3) is 15.1. The number of aliphatic hydroxyl groups excluding tert-OH is 1. The van der Waals surface area contributed by atoms with Crippen molar-refractivity contribution in [2.45, 2.75) is 121 Å². The first kappa shape index (κ1) is 54.9. The van der Waals surface area contributed by atoms with Gasteiger partial charge in [0.05, 0.1) is 18.0 Å². The van der Waals surface area contributed by atoms with E-state index < -0.39 is 58.7 Å². The monoisotopic (exact) mass is 1040 g/mol. The number of hydrogen-bond donors (Lipinski definition) is 8. The minimum atomic E-state index is -4.30. The number of aryl methyl sites for hydroxylation is 1. The van der Waals surface area contributed by atoms with Crippen molar-refractivity contribution in [1.82, 2.24) is 35.4 Å². The van der Waals surface area contributed by atoms with E-state index in [0.717, 1.165) is 23.1 Å². The summed E-state index contributed by atoms with van der Waals surface area (Å²) in [6.45, 7) is 3.46. The number of carbonyl (C=O) groups excluding carboxylic acids is 6. The van der Waals surface area contributed by atoms with Gasteiger partial charge in [0.2, 0.25) is 17.7 Å². The van der Waals surface area contributed by atoms with Gasteiger partial charge in [-0.3, -0.25) is 44.1 Å². The van der Waals surface area contributed by atoms with Crippen LogP contribution in [0.15, 0.2) is 79.3 Å². The van der Waals surface area contributed by atoms with Crippen LogP contribution in [0, 0.1) is 11.8 Å². The second-order valence-corrected chi connectivity index (χ2v) is 20.2. The van der Waals surface area contributed by atoms with Crippen molar-refractivity contribution in [2.75, 3.05) is 30.3 Å². The molecule has 3 heterocycles. The van der Waals surface area contributed by atoms with Crippen LogP contribution in [0.3, 0.4) is 0 Å². The quantitative estimate of drug-likeness (QED) is 0.0194. The Hall–Kier alpha value is -6.83. The number of hydrogen-bond acceptors (Lipinski definition) is 17. The van der Waals surface area contributed by atoms with Crippen LogP contribution in [0.5, 0.6) is 0 Å². The maximum absolute atomic E-state index is 13.7. The SMILES string of the molecule is CC(C)[C@@H](NC(=O)CCCCCN1C(=O)C=CC1=O)C(=O)N[C@H](CCCNC(N)O)C(=O)Nc1ccc(COC(=O)O[C@H]2C[C@H](n3ccc4c(N[C@H]5CCc6ccccc65)ncnc43)C[C@H]2COS(N)(=O)=O)cc1. The molecule has 1 unspecified atom stereocenters. The summed E-state index contributed by atoms with van der Waals surface area (Å²) in [6, 6.07) is 14.4. The van der Waals surface area contributed by atoms with E-state index in [1.807, 2.05) is 29.0 Å². The highest BCUT2D eigenvalue weighted by Gasteiger charge is 2.40. The number of amides is 5. The number of unbranched alkanes of at least 4 members (excludes halogenated alkanes) is 2. The molecule has 4 aromatic rings. The molecule has 0 spiro atoms. The average molecular weight is 1040 g/mol. The Labute approximate surface area is 428 Å². The summed E-state index contributed by atoms with van der Waals surface area (Å²) in [7, 11) is -4.30. The fourth-order valence-corrected chi connectivity index (χ4v) is 9.87. The van der Waals surface area contributed by atoms with E-state index in [1.54, 1.807) is 38.1 Å². The van der Waals surface area contributed by atoms with Crippen molar-refractivity contribution in [3.8, 4) is 0 Å². The first-order valence-corrected chi connectivity index (χ1v) is 26.3. The Bertz CT molecular complexity index is 2770. The number of fused-ring (bicyclic) bond motifs is 2. The fraction of sp³-hybridized carbons (Fsp3) is 0.480. The van der Waals surface area contributed by atoms with Gasteiger partial charge in [-0.25, -0.2) is 19.9 Å². The lowest BCUT2D eigenvalue weighted by Gasteiger charge is -2.25. The molecule has 0 saturated heterocycles. The lowest BCUT2D eigenvalue weighted by molar-refractivity contribution is -0.137. The van der Waals surface area contributed by atoms with Crippen molar-refractivity contribution in [3.05, 3.63) is 96.0 Å². The fourth-order valence-electron chi connectivity index (χ4n) is 9.50. The largest absolute Gasteiger partial charge is 0.508 e. The summed E-state index contributed by atoms with van der Waals surface area (Å²) in [5, 5.41) is 30.0. The zero-order chi connectivity index (χ0) is 52.9. The number of nitrogens with one attached hydrogen (secondary N) is 5. The van der Waals surface area contributed by atoms with E-state index in [1.165, 1.54) is 29.6 Å². The van der Waals surface area contributed by atoms with Gasteiger partial charge in [-0.05, 0) is 92.3 Å². The van der Waals surface area contributed by atoms with Gasteiger partial charge in [0.15, 0.2) is 6.35 Å². The Morgan fingerprint density at radius 3 is 2.41 bits per heavy atom. The smallest absolute Gasteiger partial charge is 0.430 e. The highest BCUT2D eigenvalue weighted by Crippen LogP contribution is 2.41. The van der Waals surface area contributed by atoms with Crippen LogP contribution in [-0.2, 0) is 61.0 Å². The maximum atomic E-state index is 13.7. The standard InChI is InChI=1S/C50H65N11O12S/c1-30(2)44(59-41(62)12-4-3-7-23-61-42(63)19-20-43(61)64)48(66)58-39(11-8-22-53-49(51)67)47(65)56-34-16-13-31(14-17-34)27-71-50(68)73-40-26-35(25-33(40)28-72-74(52,69)70)60-24-21-37-45(54-29-55-46(37)60)57-38-18-15-32-9-5-6-10-36(32)38/h5-6,9-10,13-14,16-17,19-21,24,29-30,33,35,38-40,44,49,53,67H,3-4,7-8,11-12,15,18,22-23,25-28,51H2,1-2H3,(H,56,65)(H,58,66)(H,59,62)(H2,52,69,70)(H,54,55,57)/t33-,35+,38-,39+,40-,44+,49?/m0/s1. The molecule has 5 amide bonds. The summed E-state index contributed by atoms with van der Waals surface area (Å²) in [5.74, 6) is -2.45. The van der Waals surface area contributed by atoms with Gasteiger partial charge in [-0.1, -0.05) is 56.7 Å². The van der Waals surface area contributed by atoms with Gasteiger partial charge in [0.25, 0.3) is 11.8 Å². The molecule has 74 heavy (non-hydrogen) atoms. The summed E-state index contributed by atoms with van der Waals surface area (Å²) < 4.78 is 41.9. The first-order chi connectivity index (χ1) is 35.4. The highest BCUT2D eigenvalue weighted by molar-refractivity contribution is 7.84. The number of carbonyl (C=O) groups is 6. The number of anilines is 2. The molecule has 398 valence electrons. The van der Waals surface area contributed by atoms with Crippen LogP contribution < -0.4 is 37.5 Å². The van der Waals surface area contributed by atoms with Crippen LogP contribution in [0.4, 0.5) is 16.3 Å². The summed E-state index contributed by atoms with van der Waals surface area (Å²) in [4.78, 5) is 87.3. The summed E-state index contributed by atoms with van der Waals surface area (Å²) in [5.41, 5.74) is 9.50. The molecule has 0 radical (unpaired) electrons. The second kappa shape index (κ2) is 25.4. The van der Waals surface area contributed by atoms with Gasteiger partial charge >= 0.3 is 16.5 Å². The van der Waals surface area contributed by atoms with Gasteiger partial charge in [-0.15, -0.1) is 0 Å². The molecular weight excluding hydrogens is 979 g/mol. The van der Waals surface area contributed by atoms with Crippen molar-refractivity contribution in [2.24, 2.45) is 22.7 Å². The topological polar surface area (TPSA) is 331 Å². The third-order valence-corrected chi connectivity index (χ3v) is 13.8. The predicted octanol–water partition coefficient (Wildman–Crippen LogP) is 3.08. The summed E-state index contributed by atoms with van der Waals surface area (Å²) in [6.07, 6.45) is 7.43. The van der Waals surface area contributed by atoms with E-state index in [9.17, 15) is 42.3 Å². The molecule has 1 fully saturated rings. The second-order valence-electron chi connectivity index (χ2n) is 19.0. The van der Waals surface area contributed by atoms with Gasteiger partial charge in [-0.2, -0.15) is 8.42 Å². The molecule has 7 atom stereocenters. The number of rotatable bonds is 26. The molecule has 1 aliphatic heterocycles. The lowest BCUT2D eigenvalue weighted by atomic mass is 10.0. The molecule has 7 rings (SSSR count). The molecule has 2 aromatic heterocycles. The normalized spacial score (nSPS) is 19.6. The van der Waals surface area contributed by atoms with Crippen LogP contribution in [0.2, 0.25) is 0 Å². The Morgan fingerprint density at radius 2 is 1.68 bits per heavy atom. The van der Waals surface area contributed by atoms with Crippen LogP contribution in [-0.4, -0.2) is 113 Å². The van der Waals surface area contributed by atoms with Gasteiger partial charge in [0.1, 0.15) is 42.6 Å². The van der Waals surface area contributed by atoms with Crippen LogP contribution in [0.25, 0.3) is 11.0 Å². The lowest BCUT2D eigenvalue weighted by Crippen LogP contribution is -2.54. The van der Waals surface area contributed by atoms with E-state index >= 15 is 0 Å². The van der Waals surface area contributed by atoms with Crippen molar-refractivity contribution >= 4 is 68.5 Å². The number of nitrogens with zero attached hydrogens (tertiary/aromatic N) is 4. The van der Waals surface area contributed by atoms with Gasteiger partial charge < -0.3 is 40.4 Å². The predicted molar refractivity (Wildman–Crippen MR) is 270 cm³/mol. The van der Waals surface area contributed by atoms with Crippen LogP contribution >= 0.6 is 0 Å². The number of aliphatic hydroxyl groups is 1. The Morgan fingerprint density at radius 1 is 0.919 bits per heavy atom. The van der Waals surface area contributed by atoms with E-state index in [0.29, 0.717) is 61.2 Å². The minimum absolute atomic E-state index is 0.0927. The van der Waals surface area contributed by atoms with E-state index in [4.69, 9.17) is 24.5 Å². The Balaban J connectivity index is 0.913.